The van der Waals surface area contributed by atoms with Crippen molar-refractivity contribution in [1.82, 2.24) is 14.2 Å². The van der Waals surface area contributed by atoms with Crippen molar-refractivity contribution in [3.8, 4) is 11.5 Å². The van der Waals surface area contributed by atoms with Crippen molar-refractivity contribution in [3.63, 3.8) is 0 Å². The van der Waals surface area contributed by atoms with E-state index in [9.17, 15) is 0 Å². The van der Waals surface area contributed by atoms with E-state index >= 15 is 0 Å². The lowest BCUT2D eigenvalue weighted by molar-refractivity contribution is 0.278. The van der Waals surface area contributed by atoms with Crippen LogP contribution in [-0.2, 0) is 6.54 Å². The molecule has 0 spiro atoms. The van der Waals surface area contributed by atoms with Crippen LogP contribution in [0.5, 0.6) is 0 Å². The fourth-order valence-corrected chi connectivity index (χ4v) is 1.77. The summed E-state index contributed by atoms with van der Waals surface area (Å²) in [5, 5.41) is 13.3. The fraction of sp³-hybridized carbons (Fsp3) is 0.182. The van der Waals surface area contributed by atoms with Gasteiger partial charge < -0.3 is 14.1 Å². The minimum atomic E-state index is 0.117. The molecule has 5 nitrogen and oxygen atoms in total. The average Bonchev–Trinajstić information content (AvgIpc) is 2.93. The molecule has 16 heavy (non-hydrogen) atoms. The standard InChI is InChI=1S/C11H11N3O2/c15-6-5-13-3-4-14-11(13)8-9(12-14)10-2-1-7-16-10/h1-4,7-8,15H,5-6H2. The van der Waals surface area contributed by atoms with Gasteiger partial charge in [-0.3, -0.25) is 0 Å². The number of hydrogen-bond donors (Lipinski definition) is 1. The van der Waals surface area contributed by atoms with E-state index in [0.717, 1.165) is 17.1 Å². The van der Waals surface area contributed by atoms with Crippen LogP contribution in [0.25, 0.3) is 17.1 Å². The highest BCUT2D eigenvalue weighted by molar-refractivity contribution is 5.59. The summed E-state index contributed by atoms with van der Waals surface area (Å²) in [6.07, 6.45) is 5.38. The topological polar surface area (TPSA) is 55.6 Å². The Morgan fingerprint density at radius 2 is 2.31 bits per heavy atom. The van der Waals surface area contributed by atoms with Crippen molar-refractivity contribution >= 4 is 5.65 Å². The van der Waals surface area contributed by atoms with E-state index in [1.807, 2.05) is 35.2 Å². The van der Waals surface area contributed by atoms with Crippen molar-refractivity contribution in [1.29, 1.82) is 0 Å². The molecule has 3 rings (SSSR count). The molecule has 0 radical (unpaired) electrons. The smallest absolute Gasteiger partial charge is 0.154 e. The molecule has 0 fully saturated rings. The number of rotatable bonds is 3. The summed E-state index contributed by atoms with van der Waals surface area (Å²) in [4.78, 5) is 0. The summed E-state index contributed by atoms with van der Waals surface area (Å²) in [5.41, 5.74) is 1.74. The second kappa shape index (κ2) is 3.53. The molecule has 0 aromatic carbocycles. The van der Waals surface area contributed by atoms with Crippen LogP contribution in [0.3, 0.4) is 0 Å². The Balaban J connectivity index is 2.09. The first-order valence-corrected chi connectivity index (χ1v) is 5.08. The Morgan fingerprint density at radius 3 is 3.06 bits per heavy atom. The number of nitrogens with zero attached hydrogens (tertiary/aromatic N) is 3. The van der Waals surface area contributed by atoms with Crippen LogP contribution in [0.2, 0.25) is 0 Å². The molecule has 3 aromatic heterocycles. The molecule has 3 heterocycles. The highest BCUT2D eigenvalue weighted by Gasteiger charge is 2.09. The SMILES string of the molecule is OCCn1ccn2nc(-c3ccco3)cc12. The van der Waals surface area contributed by atoms with E-state index in [1.54, 1.807) is 10.8 Å². The Labute approximate surface area is 91.5 Å². The first-order valence-electron chi connectivity index (χ1n) is 5.08. The van der Waals surface area contributed by atoms with E-state index in [0.29, 0.717) is 6.54 Å². The van der Waals surface area contributed by atoms with Crippen LogP contribution in [0.15, 0.2) is 41.3 Å². The first kappa shape index (κ1) is 9.23. The van der Waals surface area contributed by atoms with Gasteiger partial charge in [-0.2, -0.15) is 5.10 Å². The van der Waals surface area contributed by atoms with Gasteiger partial charge in [-0.25, -0.2) is 4.52 Å². The Hall–Kier alpha value is -2.01. The quantitative estimate of drug-likeness (QED) is 0.721. The summed E-state index contributed by atoms with van der Waals surface area (Å²) in [5.74, 6) is 0.749. The molecule has 0 unspecified atom stereocenters. The number of aliphatic hydroxyl groups excluding tert-OH is 1. The Kier molecular flexibility index (Phi) is 2.04. The maximum atomic E-state index is 8.92. The number of fused-ring (bicyclic) bond motifs is 1. The van der Waals surface area contributed by atoms with E-state index in [-0.39, 0.29) is 6.61 Å². The zero-order valence-electron chi connectivity index (χ0n) is 8.58. The molecule has 0 aliphatic carbocycles. The van der Waals surface area contributed by atoms with Gasteiger partial charge in [0.25, 0.3) is 0 Å². The van der Waals surface area contributed by atoms with Crippen LogP contribution in [0.4, 0.5) is 0 Å². The largest absolute Gasteiger partial charge is 0.463 e. The first-order chi connectivity index (χ1) is 7.88. The number of aromatic nitrogens is 3. The van der Waals surface area contributed by atoms with Crippen molar-refractivity contribution < 1.29 is 9.52 Å². The van der Waals surface area contributed by atoms with Gasteiger partial charge in [-0.1, -0.05) is 0 Å². The van der Waals surface area contributed by atoms with Crippen LogP contribution in [0, 0.1) is 0 Å². The summed E-state index contributed by atoms with van der Waals surface area (Å²) >= 11 is 0. The van der Waals surface area contributed by atoms with Gasteiger partial charge in [-0.15, -0.1) is 0 Å². The molecule has 0 bridgehead atoms. The molecule has 0 atom stereocenters. The highest BCUT2D eigenvalue weighted by atomic mass is 16.3. The third-order valence-electron chi connectivity index (χ3n) is 2.51. The van der Waals surface area contributed by atoms with E-state index < -0.39 is 0 Å². The lowest BCUT2D eigenvalue weighted by Crippen LogP contribution is -1.99. The van der Waals surface area contributed by atoms with E-state index in [2.05, 4.69) is 5.10 Å². The van der Waals surface area contributed by atoms with Crippen molar-refractivity contribution in [2.75, 3.05) is 6.61 Å². The monoisotopic (exact) mass is 217 g/mol. The number of hydrogen-bond acceptors (Lipinski definition) is 3. The molecule has 0 saturated heterocycles. The molecular formula is C11H11N3O2. The minimum Gasteiger partial charge on any atom is -0.463 e. The lowest BCUT2D eigenvalue weighted by atomic mass is 10.3. The third kappa shape index (κ3) is 1.33. The summed E-state index contributed by atoms with van der Waals surface area (Å²) in [7, 11) is 0. The van der Waals surface area contributed by atoms with Gasteiger partial charge >= 0.3 is 0 Å². The molecule has 5 heteroatoms. The van der Waals surface area contributed by atoms with Crippen LogP contribution >= 0.6 is 0 Å². The van der Waals surface area contributed by atoms with Gasteiger partial charge in [0.05, 0.1) is 12.9 Å². The molecular weight excluding hydrogens is 206 g/mol. The average molecular weight is 217 g/mol. The molecule has 82 valence electrons. The summed E-state index contributed by atoms with van der Waals surface area (Å²) < 4.78 is 9.00. The highest BCUT2D eigenvalue weighted by Crippen LogP contribution is 2.20. The predicted molar refractivity (Wildman–Crippen MR) is 58.0 cm³/mol. The van der Waals surface area contributed by atoms with Crippen LogP contribution in [-0.4, -0.2) is 25.9 Å². The number of aliphatic hydroxyl groups is 1. The molecule has 0 aliphatic heterocycles. The van der Waals surface area contributed by atoms with Gasteiger partial charge in [0.1, 0.15) is 11.3 Å². The van der Waals surface area contributed by atoms with E-state index in [4.69, 9.17) is 9.52 Å². The molecule has 1 N–H and O–H groups in total. The number of imidazole rings is 1. The maximum Gasteiger partial charge on any atom is 0.154 e. The van der Waals surface area contributed by atoms with E-state index in [1.165, 1.54) is 0 Å². The van der Waals surface area contributed by atoms with Gasteiger partial charge in [0.15, 0.2) is 5.76 Å². The molecule has 3 aromatic rings. The van der Waals surface area contributed by atoms with Crippen molar-refractivity contribution in [3.05, 3.63) is 36.9 Å². The van der Waals surface area contributed by atoms with Crippen molar-refractivity contribution in [2.24, 2.45) is 0 Å². The van der Waals surface area contributed by atoms with Gasteiger partial charge in [-0.05, 0) is 12.1 Å². The zero-order chi connectivity index (χ0) is 11.0. The number of furan rings is 1. The normalized spacial score (nSPS) is 11.3. The van der Waals surface area contributed by atoms with Crippen molar-refractivity contribution in [2.45, 2.75) is 6.54 Å². The minimum absolute atomic E-state index is 0.117. The molecule has 0 aliphatic rings. The van der Waals surface area contributed by atoms with Gasteiger partial charge in [0, 0.05) is 25.0 Å². The van der Waals surface area contributed by atoms with Gasteiger partial charge in [0.2, 0.25) is 0 Å². The lowest BCUT2D eigenvalue weighted by Gasteiger charge is -1.97. The Bertz CT molecular complexity index is 592. The summed E-state index contributed by atoms with van der Waals surface area (Å²) in [6.45, 7) is 0.686. The predicted octanol–water partition coefficient (Wildman–Crippen LogP) is 1.39. The molecule has 0 amide bonds. The molecule has 0 saturated carbocycles. The second-order valence-electron chi connectivity index (χ2n) is 3.52. The maximum absolute atomic E-state index is 8.92. The van der Waals surface area contributed by atoms with Crippen LogP contribution < -0.4 is 0 Å². The summed E-state index contributed by atoms with van der Waals surface area (Å²) in [6, 6.07) is 5.65. The second-order valence-corrected chi connectivity index (χ2v) is 3.52. The zero-order valence-corrected chi connectivity index (χ0v) is 8.58. The van der Waals surface area contributed by atoms with Crippen LogP contribution in [0.1, 0.15) is 0 Å². The third-order valence-corrected chi connectivity index (χ3v) is 2.51. The fourth-order valence-electron chi connectivity index (χ4n) is 1.77. The Morgan fingerprint density at radius 1 is 1.38 bits per heavy atom.